The lowest BCUT2D eigenvalue weighted by Gasteiger charge is -2.14. The standard InChI is InChI=1S/C17H17N3O2/c1-11-9-12(15-6-7-16(21)20-19-15)3-5-14(11)13-4-8-17(22-2)18-10-13/h3-5,8-10H,6-7H2,1-2H3,(H,20,21). The number of methoxy groups -OCH3 is 1. The Labute approximate surface area is 129 Å². The van der Waals surface area contributed by atoms with Gasteiger partial charge in [-0.3, -0.25) is 4.79 Å². The molecule has 1 aliphatic heterocycles. The number of carbonyl (C=O) groups excluding carboxylic acids is 1. The maximum atomic E-state index is 11.2. The molecule has 2 heterocycles. The lowest BCUT2D eigenvalue weighted by molar-refractivity contribution is -0.121. The number of carbonyl (C=O) groups is 1. The minimum atomic E-state index is -0.0265. The lowest BCUT2D eigenvalue weighted by Crippen LogP contribution is -2.25. The first-order valence-corrected chi connectivity index (χ1v) is 7.14. The van der Waals surface area contributed by atoms with E-state index in [0.717, 1.165) is 28.0 Å². The molecule has 0 bridgehead atoms. The second kappa shape index (κ2) is 5.97. The maximum absolute atomic E-state index is 11.2. The zero-order valence-corrected chi connectivity index (χ0v) is 12.6. The molecule has 5 heteroatoms. The van der Waals surface area contributed by atoms with Crippen LogP contribution in [-0.2, 0) is 4.79 Å². The predicted octanol–water partition coefficient (Wildman–Crippen LogP) is 2.68. The lowest BCUT2D eigenvalue weighted by atomic mass is 9.96. The van der Waals surface area contributed by atoms with Gasteiger partial charge in [0.25, 0.3) is 0 Å². The van der Waals surface area contributed by atoms with Crippen LogP contribution in [0.2, 0.25) is 0 Å². The highest BCUT2D eigenvalue weighted by molar-refractivity contribution is 6.04. The molecule has 1 aromatic heterocycles. The Morgan fingerprint density at radius 2 is 1.95 bits per heavy atom. The molecule has 2 aromatic rings. The van der Waals surface area contributed by atoms with Crippen molar-refractivity contribution in [2.75, 3.05) is 7.11 Å². The van der Waals surface area contributed by atoms with Gasteiger partial charge in [-0.1, -0.05) is 12.1 Å². The van der Waals surface area contributed by atoms with E-state index in [9.17, 15) is 4.79 Å². The number of rotatable bonds is 3. The van der Waals surface area contributed by atoms with Gasteiger partial charge in [0.2, 0.25) is 11.8 Å². The zero-order chi connectivity index (χ0) is 15.5. The highest BCUT2D eigenvalue weighted by atomic mass is 16.5. The maximum Gasteiger partial charge on any atom is 0.240 e. The first-order valence-electron chi connectivity index (χ1n) is 7.14. The minimum absolute atomic E-state index is 0.0265. The number of nitrogens with zero attached hydrogens (tertiary/aromatic N) is 2. The molecular weight excluding hydrogens is 278 g/mol. The summed E-state index contributed by atoms with van der Waals surface area (Å²) in [5.41, 5.74) is 7.81. The second-order valence-electron chi connectivity index (χ2n) is 5.21. The fraction of sp³-hybridized carbons (Fsp3) is 0.235. The molecule has 0 fully saturated rings. The Hall–Kier alpha value is -2.69. The SMILES string of the molecule is COc1ccc(-c2ccc(C3=NNC(=O)CC3)cc2C)cn1. The number of benzene rings is 1. The number of hydrazone groups is 1. The summed E-state index contributed by atoms with van der Waals surface area (Å²) in [6.07, 6.45) is 2.97. The van der Waals surface area contributed by atoms with Gasteiger partial charge in [-0.15, -0.1) is 0 Å². The van der Waals surface area contributed by atoms with Crippen LogP contribution >= 0.6 is 0 Å². The van der Waals surface area contributed by atoms with Crippen LogP contribution in [0.15, 0.2) is 41.6 Å². The van der Waals surface area contributed by atoms with Gasteiger partial charge in [-0.25, -0.2) is 10.4 Å². The van der Waals surface area contributed by atoms with Crippen LogP contribution in [0.25, 0.3) is 11.1 Å². The predicted molar refractivity (Wildman–Crippen MR) is 84.9 cm³/mol. The molecule has 0 aliphatic carbocycles. The number of ether oxygens (including phenoxy) is 1. The van der Waals surface area contributed by atoms with Crippen molar-refractivity contribution in [3.63, 3.8) is 0 Å². The highest BCUT2D eigenvalue weighted by Crippen LogP contribution is 2.25. The molecule has 1 aliphatic rings. The Bertz CT molecular complexity index is 736. The van der Waals surface area contributed by atoms with Crippen molar-refractivity contribution in [2.24, 2.45) is 5.10 Å². The molecule has 1 N–H and O–H groups in total. The van der Waals surface area contributed by atoms with E-state index in [1.807, 2.05) is 18.2 Å². The largest absolute Gasteiger partial charge is 0.481 e. The average molecular weight is 295 g/mol. The molecule has 112 valence electrons. The van der Waals surface area contributed by atoms with Crippen molar-refractivity contribution in [1.29, 1.82) is 0 Å². The molecule has 5 nitrogen and oxygen atoms in total. The summed E-state index contributed by atoms with van der Waals surface area (Å²) in [6.45, 7) is 2.06. The first kappa shape index (κ1) is 14.3. The van der Waals surface area contributed by atoms with Crippen LogP contribution in [0.3, 0.4) is 0 Å². The van der Waals surface area contributed by atoms with Crippen molar-refractivity contribution in [3.05, 3.63) is 47.7 Å². The molecule has 0 saturated heterocycles. The number of hydrogen-bond donors (Lipinski definition) is 1. The van der Waals surface area contributed by atoms with Crippen LogP contribution in [0, 0.1) is 6.92 Å². The van der Waals surface area contributed by atoms with Gasteiger partial charge in [-0.2, -0.15) is 5.10 Å². The second-order valence-corrected chi connectivity index (χ2v) is 5.21. The monoisotopic (exact) mass is 295 g/mol. The van der Waals surface area contributed by atoms with E-state index < -0.39 is 0 Å². The van der Waals surface area contributed by atoms with Crippen LogP contribution in [0.4, 0.5) is 0 Å². The highest BCUT2D eigenvalue weighted by Gasteiger charge is 2.14. The summed E-state index contributed by atoms with van der Waals surface area (Å²) in [5.74, 6) is 0.576. The fourth-order valence-electron chi connectivity index (χ4n) is 2.51. The molecule has 0 radical (unpaired) electrons. The van der Waals surface area contributed by atoms with Crippen LogP contribution in [0.5, 0.6) is 5.88 Å². The van der Waals surface area contributed by atoms with E-state index >= 15 is 0 Å². The average Bonchev–Trinajstić information content (AvgIpc) is 2.56. The molecule has 0 unspecified atom stereocenters. The third kappa shape index (κ3) is 2.83. The molecule has 0 atom stereocenters. The van der Waals surface area contributed by atoms with Gasteiger partial charge in [0.1, 0.15) is 0 Å². The zero-order valence-electron chi connectivity index (χ0n) is 12.6. The van der Waals surface area contributed by atoms with Crippen LogP contribution in [0.1, 0.15) is 24.0 Å². The number of hydrogen-bond acceptors (Lipinski definition) is 4. The quantitative estimate of drug-likeness (QED) is 0.947. The molecule has 22 heavy (non-hydrogen) atoms. The molecule has 0 saturated carbocycles. The third-order valence-corrected chi connectivity index (χ3v) is 3.72. The summed E-state index contributed by atoms with van der Waals surface area (Å²) in [5, 5.41) is 4.14. The van der Waals surface area contributed by atoms with E-state index in [1.165, 1.54) is 0 Å². The number of amides is 1. The van der Waals surface area contributed by atoms with Gasteiger partial charge in [0.05, 0.1) is 12.8 Å². The molecular formula is C17H17N3O2. The summed E-state index contributed by atoms with van der Waals surface area (Å²) in [4.78, 5) is 15.4. The topological polar surface area (TPSA) is 63.6 Å². The van der Waals surface area contributed by atoms with E-state index in [2.05, 4.69) is 34.6 Å². The summed E-state index contributed by atoms with van der Waals surface area (Å²) >= 11 is 0. The van der Waals surface area contributed by atoms with Gasteiger partial charge in [-0.05, 0) is 35.7 Å². The van der Waals surface area contributed by atoms with Gasteiger partial charge >= 0.3 is 0 Å². The van der Waals surface area contributed by atoms with Crippen molar-refractivity contribution in [1.82, 2.24) is 10.4 Å². The number of aromatic nitrogens is 1. The third-order valence-electron chi connectivity index (χ3n) is 3.72. The Morgan fingerprint density at radius 3 is 2.55 bits per heavy atom. The number of aryl methyl sites for hydroxylation is 1. The van der Waals surface area contributed by atoms with Gasteiger partial charge in [0.15, 0.2) is 0 Å². The Morgan fingerprint density at radius 1 is 1.14 bits per heavy atom. The molecule has 0 spiro atoms. The van der Waals surface area contributed by atoms with E-state index in [-0.39, 0.29) is 5.91 Å². The molecule has 1 amide bonds. The van der Waals surface area contributed by atoms with Gasteiger partial charge in [0, 0.05) is 30.7 Å². The van der Waals surface area contributed by atoms with Gasteiger partial charge < -0.3 is 4.74 Å². The smallest absolute Gasteiger partial charge is 0.240 e. The molecule has 3 rings (SSSR count). The summed E-state index contributed by atoms with van der Waals surface area (Å²) in [6, 6.07) is 10.0. The number of pyridine rings is 1. The first-order chi connectivity index (χ1) is 10.7. The Kier molecular flexibility index (Phi) is 3.87. The fourth-order valence-corrected chi connectivity index (χ4v) is 2.51. The van der Waals surface area contributed by atoms with Crippen molar-refractivity contribution in [3.8, 4) is 17.0 Å². The Balaban J connectivity index is 1.90. The minimum Gasteiger partial charge on any atom is -0.481 e. The van der Waals surface area contributed by atoms with Crippen LogP contribution in [-0.4, -0.2) is 23.7 Å². The van der Waals surface area contributed by atoms with E-state index in [4.69, 9.17) is 4.74 Å². The van der Waals surface area contributed by atoms with Crippen molar-refractivity contribution in [2.45, 2.75) is 19.8 Å². The van der Waals surface area contributed by atoms with Crippen LogP contribution < -0.4 is 10.2 Å². The summed E-state index contributed by atoms with van der Waals surface area (Å²) < 4.78 is 5.08. The van der Waals surface area contributed by atoms with E-state index in [1.54, 1.807) is 13.3 Å². The van der Waals surface area contributed by atoms with Crippen molar-refractivity contribution < 1.29 is 9.53 Å². The van der Waals surface area contributed by atoms with E-state index in [0.29, 0.717) is 18.7 Å². The summed E-state index contributed by atoms with van der Waals surface area (Å²) in [7, 11) is 1.60. The van der Waals surface area contributed by atoms with Crippen molar-refractivity contribution >= 4 is 11.6 Å². The molecule has 1 aromatic carbocycles. The normalized spacial score (nSPS) is 14.3. The number of nitrogens with one attached hydrogen (secondary N) is 1.